The van der Waals surface area contributed by atoms with Crippen molar-refractivity contribution >= 4 is 11.9 Å². The van der Waals surface area contributed by atoms with E-state index in [2.05, 4.69) is 13.8 Å². The zero-order valence-corrected chi connectivity index (χ0v) is 13.3. The van der Waals surface area contributed by atoms with Gasteiger partial charge in [0.05, 0.1) is 0 Å². The summed E-state index contributed by atoms with van der Waals surface area (Å²) in [6, 6.07) is 0. The molecule has 0 aromatic carbocycles. The molecule has 0 aromatic heterocycles. The maximum Gasteiger partial charge on any atom is 0.331 e. The minimum atomic E-state index is -1.15. The average molecular weight is 284 g/mol. The van der Waals surface area contributed by atoms with Crippen molar-refractivity contribution in [2.24, 2.45) is 11.3 Å². The van der Waals surface area contributed by atoms with Gasteiger partial charge in [-0.1, -0.05) is 47.5 Å². The van der Waals surface area contributed by atoms with Crippen molar-refractivity contribution in [1.82, 2.24) is 0 Å². The molecule has 0 amide bonds. The Morgan fingerprint density at radius 2 is 1.80 bits per heavy atom. The zero-order chi connectivity index (χ0) is 15.8. The van der Waals surface area contributed by atoms with Crippen LogP contribution in [-0.2, 0) is 14.3 Å². The number of carbonyl (C=O) groups excluding carboxylic acids is 1. The first-order valence-electron chi connectivity index (χ1n) is 7.34. The van der Waals surface area contributed by atoms with E-state index >= 15 is 0 Å². The number of esters is 1. The van der Waals surface area contributed by atoms with Crippen LogP contribution in [0.5, 0.6) is 0 Å². The van der Waals surface area contributed by atoms with Gasteiger partial charge in [-0.05, 0) is 24.2 Å². The van der Waals surface area contributed by atoms with E-state index in [1.54, 1.807) is 0 Å². The summed E-state index contributed by atoms with van der Waals surface area (Å²) in [5.41, 5.74) is -0.166. The van der Waals surface area contributed by atoms with Crippen LogP contribution in [0.3, 0.4) is 0 Å². The highest BCUT2D eigenvalue weighted by atomic mass is 16.5. The van der Waals surface area contributed by atoms with E-state index in [9.17, 15) is 9.59 Å². The molecule has 0 radical (unpaired) electrons. The fraction of sp³-hybridized carbons (Fsp3) is 0.750. The van der Waals surface area contributed by atoms with Gasteiger partial charge in [-0.3, -0.25) is 0 Å². The third-order valence-corrected chi connectivity index (χ3v) is 3.34. The lowest BCUT2D eigenvalue weighted by Crippen LogP contribution is -2.38. The van der Waals surface area contributed by atoms with Crippen molar-refractivity contribution in [3.63, 3.8) is 0 Å². The molecule has 0 heterocycles. The predicted octanol–water partition coefficient (Wildman–Crippen LogP) is 3.80. The lowest BCUT2D eigenvalue weighted by atomic mass is 9.78. The molecule has 0 aliphatic heterocycles. The van der Waals surface area contributed by atoms with E-state index in [1.807, 2.05) is 20.8 Å². The number of carboxylic acid groups (broad SMARTS) is 1. The number of unbranched alkanes of at least 4 members (excludes halogenated alkanes) is 1. The molecule has 0 aliphatic carbocycles. The maximum absolute atomic E-state index is 11.7. The van der Waals surface area contributed by atoms with Crippen LogP contribution >= 0.6 is 0 Å². The summed E-state index contributed by atoms with van der Waals surface area (Å²) >= 11 is 0. The molecule has 0 saturated carbocycles. The third-order valence-electron chi connectivity index (χ3n) is 3.34. The van der Waals surface area contributed by atoms with Crippen LogP contribution in [0.2, 0.25) is 0 Å². The van der Waals surface area contributed by atoms with Gasteiger partial charge in [-0.25, -0.2) is 9.59 Å². The lowest BCUT2D eigenvalue weighted by Gasteiger charge is -2.36. The molecule has 0 fully saturated rings. The number of carboxylic acids is 1. The molecule has 0 aliphatic rings. The van der Waals surface area contributed by atoms with Crippen molar-refractivity contribution in [2.45, 2.75) is 66.4 Å². The fourth-order valence-corrected chi connectivity index (χ4v) is 2.32. The van der Waals surface area contributed by atoms with Crippen molar-refractivity contribution < 1.29 is 19.4 Å². The van der Waals surface area contributed by atoms with E-state index in [4.69, 9.17) is 9.84 Å². The summed E-state index contributed by atoms with van der Waals surface area (Å²) in [6.45, 7) is 10.4. The molecular formula is C16H28O4. The fourth-order valence-electron chi connectivity index (χ4n) is 2.32. The topological polar surface area (TPSA) is 63.6 Å². The molecule has 1 N–H and O–H groups in total. The number of aliphatic carboxylic acids is 1. The largest absolute Gasteiger partial charge is 0.478 e. The van der Waals surface area contributed by atoms with E-state index in [0.29, 0.717) is 5.92 Å². The van der Waals surface area contributed by atoms with Crippen molar-refractivity contribution in [3.05, 3.63) is 12.2 Å². The average Bonchev–Trinajstić information content (AvgIpc) is 2.34. The first-order valence-corrected chi connectivity index (χ1v) is 7.34. The van der Waals surface area contributed by atoms with Gasteiger partial charge in [0.15, 0.2) is 0 Å². The van der Waals surface area contributed by atoms with Gasteiger partial charge in [-0.2, -0.15) is 0 Å². The predicted molar refractivity (Wildman–Crippen MR) is 79.4 cm³/mol. The Kier molecular flexibility index (Phi) is 8.19. The first-order chi connectivity index (χ1) is 9.22. The van der Waals surface area contributed by atoms with Crippen molar-refractivity contribution in [1.29, 1.82) is 0 Å². The highest BCUT2D eigenvalue weighted by Gasteiger charge is 2.33. The van der Waals surface area contributed by atoms with Gasteiger partial charge in [0.1, 0.15) is 6.10 Å². The van der Waals surface area contributed by atoms with Crippen molar-refractivity contribution in [3.8, 4) is 0 Å². The SMILES string of the molecule is CCCCC(CC)C(OC(=O)/C=C/C(=O)O)C(C)(C)C. The van der Waals surface area contributed by atoms with Gasteiger partial charge < -0.3 is 9.84 Å². The Morgan fingerprint density at radius 1 is 1.20 bits per heavy atom. The minimum absolute atomic E-state index is 0.166. The third kappa shape index (κ3) is 7.31. The molecule has 20 heavy (non-hydrogen) atoms. The summed E-state index contributed by atoms with van der Waals surface area (Å²) in [6.07, 6.45) is 5.77. The van der Waals surface area contributed by atoms with E-state index in [-0.39, 0.29) is 11.5 Å². The van der Waals surface area contributed by atoms with E-state index in [0.717, 1.165) is 37.8 Å². The highest BCUT2D eigenvalue weighted by molar-refractivity contribution is 5.90. The summed E-state index contributed by atoms with van der Waals surface area (Å²) in [5, 5.41) is 8.53. The van der Waals surface area contributed by atoms with Crippen LogP contribution in [0.4, 0.5) is 0 Å². The molecule has 4 heteroatoms. The zero-order valence-electron chi connectivity index (χ0n) is 13.3. The Balaban J connectivity index is 4.88. The molecule has 0 spiro atoms. The second-order valence-electron chi connectivity index (χ2n) is 6.21. The molecule has 0 rings (SSSR count). The van der Waals surface area contributed by atoms with Gasteiger partial charge >= 0.3 is 11.9 Å². The monoisotopic (exact) mass is 284 g/mol. The molecular weight excluding hydrogens is 256 g/mol. The van der Waals surface area contributed by atoms with Crippen LogP contribution in [0.25, 0.3) is 0 Å². The maximum atomic E-state index is 11.7. The second-order valence-corrected chi connectivity index (χ2v) is 6.21. The number of carbonyl (C=O) groups is 2. The minimum Gasteiger partial charge on any atom is -0.478 e. The summed E-state index contributed by atoms with van der Waals surface area (Å²) in [5.74, 6) is -1.42. The molecule has 0 aromatic rings. The molecule has 2 unspecified atom stereocenters. The second kappa shape index (κ2) is 8.77. The van der Waals surface area contributed by atoms with Crippen LogP contribution in [0.1, 0.15) is 60.3 Å². The standard InChI is InChI=1S/C16H28O4/c1-6-8-9-12(7-2)15(16(3,4)5)20-14(19)11-10-13(17)18/h10-12,15H,6-9H2,1-5H3,(H,17,18)/b11-10+. The Bertz CT molecular complexity index is 339. The summed E-state index contributed by atoms with van der Waals surface area (Å²) in [4.78, 5) is 22.1. The lowest BCUT2D eigenvalue weighted by molar-refractivity contribution is -0.153. The summed E-state index contributed by atoms with van der Waals surface area (Å²) < 4.78 is 5.53. The molecule has 0 bridgehead atoms. The number of rotatable bonds is 8. The quantitative estimate of drug-likeness (QED) is 0.544. The number of hydrogen-bond donors (Lipinski definition) is 1. The Labute approximate surface area is 122 Å². The van der Waals surface area contributed by atoms with Crippen LogP contribution < -0.4 is 0 Å². The van der Waals surface area contributed by atoms with Crippen LogP contribution in [0.15, 0.2) is 12.2 Å². The van der Waals surface area contributed by atoms with Gasteiger partial charge in [0, 0.05) is 12.2 Å². The van der Waals surface area contributed by atoms with Gasteiger partial charge in [0.2, 0.25) is 0 Å². The number of ether oxygens (including phenoxy) is 1. The van der Waals surface area contributed by atoms with Crippen LogP contribution in [0, 0.1) is 11.3 Å². The number of hydrogen-bond acceptors (Lipinski definition) is 3. The summed E-state index contributed by atoms with van der Waals surface area (Å²) in [7, 11) is 0. The normalized spacial score (nSPS) is 15.1. The molecule has 116 valence electrons. The van der Waals surface area contributed by atoms with Crippen LogP contribution in [-0.4, -0.2) is 23.1 Å². The van der Waals surface area contributed by atoms with Gasteiger partial charge in [0.25, 0.3) is 0 Å². The Hall–Kier alpha value is -1.32. The molecule has 2 atom stereocenters. The van der Waals surface area contributed by atoms with Gasteiger partial charge in [-0.15, -0.1) is 0 Å². The Morgan fingerprint density at radius 3 is 2.20 bits per heavy atom. The highest BCUT2D eigenvalue weighted by Crippen LogP contribution is 2.33. The molecule has 0 saturated heterocycles. The van der Waals surface area contributed by atoms with E-state index in [1.165, 1.54) is 0 Å². The smallest absolute Gasteiger partial charge is 0.331 e. The molecule has 4 nitrogen and oxygen atoms in total. The van der Waals surface area contributed by atoms with E-state index < -0.39 is 11.9 Å². The van der Waals surface area contributed by atoms with Crippen molar-refractivity contribution in [2.75, 3.05) is 0 Å². The first kappa shape index (κ1) is 18.7.